The lowest BCUT2D eigenvalue weighted by molar-refractivity contribution is -0.137. The Morgan fingerprint density at radius 3 is 2.24 bits per heavy atom. The van der Waals surface area contributed by atoms with Gasteiger partial charge >= 0.3 is 6.18 Å². The second kappa shape index (κ2) is 9.93. The molecule has 1 fully saturated rings. The number of amides is 1. The van der Waals surface area contributed by atoms with Crippen molar-refractivity contribution in [2.75, 3.05) is 18.0 Å². The van der Waals surface area contributed by atoms with Crippen molar-refractivity contribution >= 4 is 11.6 Å². The Kier molecular flexibility index (Phi) is 6.97. The molecule has 0 aliphatic carbocycles. The Morgan fingerprint density at radius 1 is 0.912 bits per heavy atom. The van der Waals surface area contributed by atoms with Gasteiger partial charge in [0, 0.05) is 31.4 Å². The van der Waals surface area contributed by atoms with E-state index < -0.39 is 29.3 Å². The summed E-state index contributed by atoms with van der Waals surface area (Å²) in [5, 5.41) is 0. The maximum absolute atomic E-state index is 14.4. The highest BCUT2D eigenvalue weighted by molar-refractivity contribution is 6.06. The standard InChI is InChI=1S/C26H23F5N2O/c27-20-8-10-21(11-9-20)33(25(34)23-6-1-2-7-24(23)28)22-12-14-32(15-13-22)17-18-4-3-5-19(16-18)26(29,30)31/h1-11,16,22H,12-15,17H2. The van der Waals surface area contributed by atoms with Gasteiger partial charge in [-0.05, 0) is 60.9 Å². The van der Waals surface area contributed by atoms with Crippen LogP contribution in [0.4, 0.5) is 27.6 Å². The number of carbonyl (C=O) groups is 1. The molecule has 1 amide bonds. The molecular formula is C26H23F5N2O. The van der Waals surface area contributed by atoms with Crippen LogP contribution in [0, 0.1) is 11.6 Å². The molecule has 0 atom stereocenters. The van der Waals surface area contributed by atoms with Crippen molar-refractivity contribution in [3.05, 3.63) is 101 Å². The van der Waals surface area contributed by atoms with E-state index in [1.54, 1.807) is 12.1 Å². The van der Waals surface area contributed by atoms with Gasteiger partial charge in [0.15, 0.2) is 0 Å². The van der Waals surface area contributed by atoms with Crippen molar-refractivity contribution in [3.63, 3.8) is 0 Å². The smallest absolute Gasteiger partial charge is 0.305 e. The lowest BCUT2D eigenvalue weighted by Gasteiger charge is -2.38. The molecule has 3 aromatic carbocycles. The third-order valence-electron chi connectivity index (χ3n) is 6.01. The summed E-state index contributed by atoms with van der Waals surface area (Å²) >= 11 is 0. The van der Waals surface area contributed by atoms with Crippen LogP contribution < -0.4 is 4.90 Å². The maximum atomic E-state index is 14.4. The Morgan fingerprint density at radius 2 is 1.59 bits per heavy atom. The molecule has 3 aromatic rings. The monoisotopic (exact) mass is 474 g/mol. The van der Waals surface area contributed by atoms with Crippen molar-refractivity contribution in [1.29, 1.82) is 0 Å². The predicted octanol–water partition coefficient (Wildman–Crippen LogP) is 6.30. The van der Waals surface area contributed by atoms with Crippen LogP contribution >= 0.6 is 0 Å². The molecule has 0 N–H and O–H groups in total. The summed E-state index contributed by atoms with van der Waals surface area (Å²) in [6, 6.07) is 16.2. The second-order valence-corrected chi connectivity index (χ2v) is 8.34. The van der Waals surface area contributed by atoms with E-state index in [2.05, 4.69) is 0 Å². The average Bonchev–Trinajstić information content (AvgIpc) is 2.81. The van der Waals surface area contributed by atoms with Crippen molar-refractivity contribution < 1.29 is 26.7 Å². The molecule has 34 heavy (non-hydrogen) atoms. The van der Waals surface area contributed by atoms with Crippen molar-refractivity contribution in [2.24, 2.45) is 0 Å². The molecule has 0 unspecified atom stereocenters. The second-order valence-electron chi connectivity index (χ2n) is 8.34. The number of likely N-dealkylation sites (tertiary alicyclic amines) is 1. The first-order valence-electron chi connectivity index (χ1n) is 10.9. The van der Waals surface area contributed by atoms with E-state index in [9.17, 15) is 26.7 Å². The Bertz CT molecular complexity index is 1140. The molecule has 1 saturated heterocycles. The molecule has 4 rings (SSSR count). The lowest BCUT2D eigenvalue weighted by Crippen LogP contribution is -2.47. The number of hydrogen-bond acceptors (Lipinski definition) is 2. The Hall–Kier alpha value is -3.26. The van der Waals surface area contributed by atoms with Crippen LogP contribution in [-0.4, -0.2) is 29.9 Å². The zero-order valence-electron chi connectivity index (χ0n) is 18.2. The number of benzene rings is 3. The van der Waals surface area contributed by atoms with Gasteiger partial charge in [0.2, 0.25) is 0 Å². The third kappa shape index (κ3) is 5.44. The molecule has 1 aliphatic rings. The van der Waals surface area contributed by atoms with Gasteiger partial charge in [-0.3, -0.25) is 9.69 Å². The molecule has 0 bridgehead atoms. The Balaban J connectivity index is 1.51. The number of carbonyl (C=O) groups excluding carboxylic acids is 1. The van der Waals surface area contributed by atoms with Crippen LogP contribution in [0.1, 0.15) is 34.3 Å². The van der Waals surface area contributed by atoms with Crippen molar-refractivity contribution in [3.8, 4) is 0 Å². The molecule has 178 valence electrons. The van der Waals surface area contributed by atoms with E-state index in [0.29, 0.717) is 43.7 Å². The zero-order chi connectivity index (χ0) is 24.3. The van der Waals surface area contributed by atoms with E-state index in [-0.39, 0.29) is 11.6 Å². The number of nitrogens with zero attached hydrogens (tertiary/aromatic N) is 2. The quantitative estimate of drug-likeness (QED) is 0.406. The summed E-state index contributed by atoms with van der Waals surface area (Å²) < 4.78 is 66.9. The number of alkyl halides is 3. The van der Waals surface area contributed by atoms with Crippen molar-refractivity contribution in [1.82, 2.24) is 4.90 Å². The van der Waals surface area contributed by atoms with Gasteiger partial charge in [-0.15, -0.1) is 0 Å². The van der Waals surface area contributed by atoms with Crippen LogP contribution in [0.5, 0.6) is 0 Å². The first kappa shape index (κ1) is 23.9. The van der Waals surface area contributed by atoms with Crippen LogP contribution in [-0.2, 0) is 12.7 Å². The van der Waals surface area contributed by atoms with E-state index in [1.807, 2.05) is 4.90 Å². The fourth-order valence-corrected chi connectivity index (χ4v) is 4.30. The molecule has 1 heterocycles. The number of anilines is 1. The van der Waals surface area contributed by atoms with Gasteiger partial charge in [0.05, 0.1) is 11.1 Å². The van der Waals surface area contributed by atoms with Crippen molar-refractivity contribution in [2.45, 2.75) is 31.6 Å². The SMILES string of the molecule is O=C(c1ccccc1F)N(c1ccc(F)cc1)C1CCN(Cc2cccc(C(F)(F)F)c2)CC1. The summed E-state index contributed by atoms with van der Waals surface area (Å²) in [7, 11) is 0. The van der Waals surface area contributed by atoms with Gasteiger partial charge < -0.3 is 4.90 Å². The minimum Gasteiger partial charge on any atom is -0.305 e. The highest BCUT2D eigenvalue weighted by atomic mass is 19.4. The first-order valence-corrected chi connectivity index (χ1v) is 10.9. The number of piperidine rings is 1. The third-order valence-corrected chi connectivity index (χ3v) is 6.01. The van der Waals surface area contributed by atoms with Gasteiger partial charge in [-0.2, -0.15) is 13.2 Å². The fourth-order valence-electron chi connectivity index (χ4n) is 4.30. The number of halogens is 5. The summed E-state index contributed by atoms with van der Waals surface area (Å²) in [6.07, 6.45) is -3.32. The summed E-state index contributed by atoms with van der Waals surface area (Å²) in [5.74, 6) is -1.60. The molecule has 0 aromatic heterocycles. The summed E-state index contributed by atoms with van der Waals surface area (Å²) in [6.45, 7) is 1.45. The van der Waals surface area contributed by atoms with Gasteiger partial charge in [0.25, 0.3) is 5.91 Å². The summed E-state index contributed by atoms with van der Waals surface area (Å²) in [5.41, 5.74) is 0.271. The van der Waals surface area contributed by atoms with E-state index in [1.165, 1.54) is 53.4 Å². The molecular weight excluding hydrogens is 451 g/mol. The van der Waals surface area contributed by atoms with Gasteiger partial charge in [-0.25, -0.2) is 8.78 Å². The molecule has 3 nitrogen and oxygen atoms in total. The molecule has 1 aliphatic heterocycles. The molecule has 0 spiro atoms. The number of hydrogen-bond donors (Lipinski definition) is 0. The van der Waals surface area contributed by atoms with E-state index in [0.717, 1.165) is 12.1 Å². The van der Waals surface area contributed by atoms with Crippen LogP contribution in [0.2, 0.25) is 0 Å². The van der Waals surface area contributed by atoms with Gasteiger partial charge in [-0.1, -0.05) is 30.3 Å². The zero-order valence-corrected chi connectivity index (χ0v) is 18.2. The van der Waals surface area contributed by atoms with Crippen LogP contribution in [0.25, 0.3) is 0 Å². The molecule has 8 heteroatoms. The Labute approximate surface area is 194 Å². The molecule has 0 saturated carbocycles. The van der Waals surface area contributed by atoms with E-state index in [4.69, 9.17) is 0 Å². The van der Waals surface area contributed by atoms with E-state index >= 15 is 0 Å². The maximum Gasteiger partial charge on any atom is 0.416 e. The predicted molar refractivity (Wildman–Crippen MR) is 119 cm³/mol. The fraction of sp³-hybridized carbons (Fsp3) is 0.269. The average molecular weight is 474 g/mol. The summed E-state index contributed by atoms with van der Waals surface area (Å²) in [4.78, 5) is 16.9. The lowest BCUT2D eigenvalue weighted by atomic mass is 9.99. The topological polar surface area (TPSA) is 23.6 Å². The van der Waals surface area contributed by atoms with Gasteiger partial charge in [0.1, 0.15) is 11.6 Å². The first-order chi connectivity index (χ1) is 16.2. The highest BCUT2D eigenvalue weighted by Crippen LogP contribution is 2.31. The van der Waals surface area contributed by atoms with Crippen LogP contribution in [0.15, 0.2) is 72.8 Å². The number of rotatable bonds is 5. The minimum absolute atomic E-state index is 0.0711. The normalized spacial score (nSPS) is 15.3. The highest BCUT2D eigenvalue weighted by Gasteiger charge is 2.32. The minimum atomic E-state index is -4.40. The largest absolute Gasteiger partial charge is 0.416 e. The molecule has 0 radical (unpaired) electrons. The van der Waals surface area contributed by atoms with Crippen LogP contribution in [0.3, 0.4) is 0 Å².